The third-order valence-electron chi connectivity index (χ3n) is 3.26. The second-order valence-corrected chi connectivity index (χ2v) is 4.59. The van der Waals surface area contributed by atoms with Crippen LogP contribution in [0, 0.1) is 0 Å². The van der Waals surface area contributed by atoms with E-state index < -0.39 is 5.97 Å². The van der Waals surface area contributed by atoms with Crippen LogP contribution >= 0.6 is 0 Å². The smallest absolute Gasteiger partial charge is 0.337 e. The lowest BCUT2D eigenvalue weighted by atomic mass is 10.1. The van der Waals surface area contributed by atoms with Crippen molar-refractivity contribution in [3.8, 4) is 17.0 Å². The van der Waals surface area contributed by atoms with Gasteiger partial charge in [0, 0.05) is 36.5 Å². The van der Waals surface area contributed by atoms with Gasteiger partial charge in [-0.15, -0.1) is 0 Å². The molecule has 3 aromatic rings. The molecule has 100 valence electrons. The van der Waals surface area contributed by atoms with Crippen LogP contribution in [0.1, 0.15) is 10.4 Å². The number of phenols is 1. The maximum atomic E-state index is 10.8. The Bertz CT molecular complexity index is 804. The molecule has 0 saturated carbocycles. The van der Waals surface area contributed by atoms with Gasteiger partial charge in [-0.3, -0.25) is 4.98 Å². The van der Waals surface area contributed by atoms with Gasteiger partial charge in [-0.05, 0) is 24.3 Å². The highest BCUT2D eigenvalue weighted by molar-refractivity contribution is 5.96. The third kappa shape index (κ3) is 1.89. The Morgan fingerprint density at radius 3 is 2.70 bits per heavy atom. The minimum absolute atomic E-state index is 0.159. The Labute approximate surface area is 114 Å². The molecule has 0 aliphatic rings. The topological polar surface area (TPSA) is 75.4 Å². The molecule has 0 aliphatic carbocycles. The summed E-state index contributed by atoms with van der Waals surface area (Å²) < 4.78 is 1.90. The summed E-state index contributed by atoms with van der Waals surface area (Å²) in [5.41, 5.74) is 2.65. The molecule has 0 saturated heterocycles. The molecular formula is C15H12N2O3. The van der Waals surface area contributed by atoms with Crippen molar-refractivity contribution in [1.82, 2.24) is 9.55 Å². The third-order valence-corrected chi connectivity index (χ3v) is 3.26. The molecule has 0 spiro atoms. The number of rotatable bonds is 2. The molecule has 5 heteroatoms. The molecule has 1 aromatic carbocycles. The average Bonchev–Trinajstić information content (AvgIpc) is 2.76. The van der Waals surface area contributed by atoms with Crippen molar-refractivity contribution < 1.29 is 15.0 Å². The summed E-state index contributed by atoms with van der Waals surface area (Å²) in [7, 11) is 1.89. The number of carboxylic acid groups (broad SMARTS) is 1. The molecule has 0 amide bonds. The van der Waals surface area contributed by atoms with Gasteiger partial charge in [0.1, 0.15) is 5.75 Å². The van der Waals surface area contributed by atoms with Crippen molar-refractivity contribution in [2.75, 3.05) is 0 Å². The van der Waals surface area contributed by atoms with Gasteiger partial charge in [-0.2, -0.15) is 0 Å². The molecular weight excluding hydrogens is 256 g/mol. The zero-order chi connectivity index (χ0) is 14.3. The summed E-state index contributed by atoms with van der Waals surface area (Å²) in [6, 6.07) is 8.35. The number of benzene rings is 1. The van der Waals surface area contributed by atoms with Crippen LogP contribution in [0.25, 0.3) is 22.2 Å². The second-order valence-electron chi connectivity index (χ2n) is 4.59. The zero-order valence-electron chi connectivity index (χ0n) is 10.7. The molecule has 0 unspecified atom stereocenters. The number of aromatic carboxylic acids is 1. The predicted molar refractivity (Wildman–Crippen MR) is 74.8 cm³/mol. The number of carbonyl (C=O) groups is 1. The normalized spacial score (nSPS) is 10.8. The Morgan fingerprint density at radius 2 is 2.05 bits per heavy atom. The Kier molecular flexibility index (Phi) is 2.68. The molecule has 0 aliphatic heterocycles. The van der Waals surface area contributed by atoms with E-state index in [0.29, 0.717) is 5.69 Å². The van der Waals surface area contributed by atoms with Gasteiger partial charge in [-0.25, -0.2) is 4.79 Å². The Morgan fingerprint density at radius 1 is 1.25 bits per heavy atom. The number of pyridine rings is 1. The lowest BCUT2D eigenvalue weighted by Gasteiger charge is -2.00. The first-order valence-electron chi connectivity index (χ1n) is 6.04. The molecule has 0 bridgehead atoms. The number of phenolic OH excluding ortho intramolecular Hbond substituents is 1. The number of nitrogens with zero attached hydrogens (tertiary/aromatic N) is 2. The van der Waals surface area contributed by atoms with Crippen molar-refractivity contribution in [2.24, 2.45) is 7.05 Å². The molecule has 2 aromatic heterocycles. The lowest BCUT2D eigenvalue weighted by molar-refractivity contribution is 0.0696. The lowest BCUT2D eigenvalue weighted by Crippen LogP contribution is -1.96. The van der Waals surface area contributed by atoms with E-state index in [1.165, 1.54) is 12.3 Å². The van der Waals surface area contributed by atoms with Crippen LogP contribution in [0.2, 0.25) is 0 Å². The van der Waals surface area contributed by atoms with E-state index in [0.717, 1.165) is 16.5 Å². The highest BCUT2D eigenvalue weighted by Crippen LogP contribution is 2.31. The van der Waals surface area contributed by atoms with Gasteiger partial charge in [0.05, 0.1) is 16.8 Å². The van der Waals surface area contributed by atoms with E-state index in [2.05, 4.69) is 4.98 Å². The van der Waals surface area contributed by atoms with Crippen LogP contribution in [-0.4, -0.2) is 25.7 Å². The molecule has 0 atom stereocenters. The number of hydrogen-bond acceptors (Lipinski definition) is 3. The number of aromatic nitrogens is 2. The van der Waals surface area contributed by atoms with E-state index in [1.54, 1.807) is 18.2 Å². The van der Waals surface area contributed by atoms with E-state index >= 15 is 0 Å². The van der Waals surface area contributed by atoms with Crippen molar-refractivity contribution in [1.29, 1.82) is 0 Å². The first-order chi connectivity index (χ1) is 9.56. The first kappa shape index (κ1) is 12.2. The zero-order valence-corrected chi connectivity index (χ0v) is 10.7. The second kappa shape index (κ2) is 4.38. The van der Waals surface area contributed by atoms with E-state index in [-0.39, 0.29) is 11.3 Å². The summed E-state index contributed by atoms with van der Waals surface area (Å²) >= 11 is 0. The minimum Gasteiger partial charge on any atom is -0.508 e. The SMILES string of the molecule is Cn1cc(-c2ccc(C(=O)O)cn2)c2ccc(O)cc21. The highest BCUT2D eigenvalue weighted by atomic mass is 16.4. The van der Waals surface area contributed by atoms with Crippen LogP contribution in [-0.2, 0) is 7.05 Å². The fraction of sp³-hybridized carbons (Fsp3) is 0.0667. The predicted octanol–water partition coefficient (Wildman–Crippen LogP) is 2.64. The fourth-order valence-electron chi connectivity index (χ4n) is 2.26. The molecule has 2 N–H and O–H groups in total. The maximum Gasteiger partial charge on any atom is 0.337 e. The summed E-state index contributed by atoms with van der Waals surface area (Å²) in [5.74, 6) is -0.786. The summed E-state index contributed by atoms with van der Waals surface area (Å²) in [6.45, 7) is 0. The van der Waals surface area contributed by atoms with Crippen molar-refractivity contribution in [3.05, 3.63) is 48.3 Å². The Balaban J connectivity index is 2.17. The number of carboxylic acids is 1. The van der Waals surface area contributed by atoms with Gasteiger partial charge in [0.2, 0.25) is 0 Å². The van der Waals surface area contributed by atoms with E-state index in [4.69, 9.17) is 5.11 Å². The largest absolute Gasteiger partial charge is 0.508 e. The van der Waals surface area contributed by atoms with Crippen LogP contribution in [0.3, 0.4) is 0 Å². The van der Waals surface area contributed by atoms with Gasteiger partial charge < -0.3 is 14.8 Å². The average molecular weight is 268 g/mol. The van der Waals surface area contributed by atoms with Gasteiger partial charge in [-0.1, -0.05) is 0 Å². The Hall–Kier alpha value is -2.82. The van der Waals surface area contributed by atoms with Crippen molar-refractivity contribution in [3.63, 3.8) is 0 Å². The molecule has 2 heterocycles. The summed E-state index contributed by atoms with van der Waals surface area (Å²) in [6.07, 6.45) is 3.25. The molecule has 0 radical (unpaired) electrons. The molecule has 20 heavy (non-hydrogen) atoms. The van der Waals surface area contributed by atoms with Crippen LogP contribution in [0.15, 0.2) is 42.7 Å². The van der Waals surface area contributed by atoms with Gasteiger partial charge in [0.15, 0.2) is 0 Å². The van der Waals surface area contributed by atoms with E-state index in [9.17, 15) is 9.90 Å². The van der Waals surface area contributed by atoms with Crippen LogP contribution in [0.4, 0.5) is 0 Å². The standard InChI is InChI=1S/C15H12N2O3/c1-17-8-12(11-4-3-10(18)6-14(11)17)13-5-2-9(7-16-13)15(19)20/h2-8,18H,1H3,(H,19,20). The first-order valence-corrected chi connectivity index (χ1v) is 6.04. The fourth-order valence-corrected chi connectivity index (χ4v) is 2.26. The van der Waals surface area contributed by atoms with Crippen LogP contribution in [0.5, 0.6) is 5.75 Å². The monoisotopic (exact) mass is 268 g/mol. The maximum absolute atomic E-state index is 10.8. The van der Waals surface area contributed by atoms with Gasteiger partial charge >= 0.3 is 5.97 Å². The molecule has 3 rings (SSSR count). The quantitative estimate of drug-likeness (QED) is 0.749. The van der Waals surface area contributed by atoms with E-state index in [1.807, 2.05) is 23.9 Å². The minimum atomic E-state index is -0.994. The van der Waals surface area contributed by atoms with Crippen LogP contribution < -0.4 is 0 Å². The highest BCUT2D eigenvalue weighted by Gasteiger charge is 2.11. The number of aromatic hydroxyl groups is 1. The number of hydrogen-bond donors (Lipinski definition) is 2. The summed E-state index contributed by atoms with van der Waals surface area (Å²) in [4.78, 5) is 15.0. The summed E-state index contributed by atoms with van der Waals surface area (Å²) in [5, 5.41) is 19.4. The molecule has 0 fully saturated rings. The van der Waals surface area contributed by atoms with Crippen molar-refractivity contribution in [2.45, 2.75) is 0 Å². The van der Waals surface area contributed by atoms with Crippen molar-refractivity contribution >= 4 is 16.9 Å². The van der Waals surface area contributed by atoms with Gasteiger partial charge in [0.25, 0.3) is 0 Å². The molecule has 5 nitrogen and oxygen atoms in total. The number of aryl methyl sites for hydroxylation is 1. The number of fused-ring (bicyclic) bond motifs is 1.